The molecular formula is C14H19ClN2O2. The van der Waals surface area contributed by atoms with E-state index in [0.29, 0.717) is 11.6 Å². The minimum atomic E-state index is -0.203. The van der Waals surface area contributed by atoms with Crippen LogP contribution < -0.4 is 5.32 Å². The highest BCUT2D eigenvalue weighted by Crippen LogP contribution is 2.23. The van der Waals surface area contributed by atoms with E-state index in [1.807, 2.05) is 11.8 Å². The van der Waals surface area contributed by atoms with Crippen LogP contribution >= 0.6 is 11.6 Å². The van der Waals surface area contributed by atoms with Gasteiger partial charge in [-0.1, -0.05) is 17.7 Å². The molecular weight excluding hydrogens is 264 g/mol. The molecule has 1 aliphatic rings. The lowest BCUT2D eigenvalue weighted by Crippen LogP contribution is -2.43. The number of likely N-dealkylation sites (tertiary alicyclic amines) is 1. The van der Waals surface area contributed by atoms with Crippen molar-refractivity contribution < 1.29 is 9.90 Å². The third kappa shape index (κ3) is 3.61. The molecule has 0 aromatic heterocycles. The second kappa shape index (κ2) is 6.26. The molecule has 4 nitrogen and oxygen atoms in total. The Morgan fingerprint density at radius 3 is 2.79 bits per heavy atom. The fraction of sp³-hybridized carbons (Fsp3) is 0.500. The highest BCUT2D eigenvalue weighted by Gasteiger charge is 2.22. The first-order chi connectivity index (χ1) is 9.08. The van der Waals surface area contributed by atoms with Crippen molar-refractivity contribution in [2.45, 2.75) is 32.4 Å². The molecule has 1 fully saturated rings. The van der Waals surface area contributed by atoms with Crippen molar-refractivity contribution in [3.05, 3.63) is 28.8 Å². The number of hydrogen-bond acceptors (Lipinski definition) is 3. The van der Waals surface area contributed by atoms with Crippen molar-refractivity contribution in [2.75, 3.05) is 13.1 Å². The number of benzene rings is 1. The van der Waals surface area contributed by atoms with E-state index in [4.69, 9.17) is 11.6 Å². The van der Waals surface area contributed by atoms with Gasteiger partial charge in [0, 0.05) is 19.6 Å². The minimum absolute atomic E-state index is 0.0756. The van der Waals surface area contributed by atoms with Crippen LogP contribution in [0, 0.1) is 0 Å². The quantitative estimate of drug-likeness (QED) is 0.890. The number of aromatic hydroxyl groups is 1. The summed E-state index contributed by atoms with van der Waals surface area (Å²) in [6, 6.07) is 4.86. The SMILES string of the molecule is CC(NCc1ccc(O)c(Cl)c1)C(=O)N1CCCC1. The zero-order valence-electron chi connectivity index (χ0n) is 11.0. The van der Waals surface area contributed by atoms with Crippen molar-refractivity contribution in [3.8, 4) is 5.75 Å². The molecule has 1 atom stereocenters. The molecule has 104 valence electrons. The van der Waals surface area contributed by atoms with Crippen molar-refractivity contribution in [3.63, 3.8) is 0 Å². The molecule has 0 saturated carbocycles. The zero-order chi connectivity index (χ0) is 13.8. The van der Waals surface area contributed by atoms with Gasteiger partial charge in [0.1, 0.15) is 5.75 Å². The summed E-state index contributed by atoms with van der Waals surface area (Å²) in [6.45, 7) is 4.18. The van der Waals surface area contributed by atoms with Crippen molar-refractivity contribution in [2.24, 2.45) is 0 Å². The molecule has 2 rings (SSSR count). The van der Waals surface area contributed by atoms with E-state index in [1.165, 1.54) is 0 Å². The number of carbonyl (C=O) groups excluding carboxylic acids is 1. The van der Waals surface area contributed by atoms with Gasteiger partial charge in [0.15, 0.2) is 0 Å². The van der Waals surface area contributed by atoms with Gasteiger partial charge in [-0.3, -0.25) is 4.79 Å². The molecule has 1 heterocycles. The number of amides is 1. The lowest BCUT2D eigenvalue weighted by Gasteiger charge is -2.21. The van der Waals surface area contributed by atoms with E-state index in [9.17, 15) is 9.90 Å². The maximum Gasteiger partial charge on any atom is 0.239 e. The second-order valence-electron chi connectivity index (χ2n) is 4.92. The smallest absolute Gasteiger partial charge is 0.239 e. The van der Waals surface area contributed by atoms with E-state index in [2.05, 4.69) is 5.32 Å². The molecule has 0 spiro atoms. The molecule has 1 unspecified atom stereocenters. The van der Waals surface area contributed by atoms with Gasteiger partial charge in [-0.05, 0) is 37.5 Å². The lowest BCUT2D eigenvalue weighted by molar-refractivity contribution is -0.131. The van der Waals surface area contributed by atoms with Crippen LogP contribution in [0.3, 0.4) is 0 Å². The van der Waals surface area contributed by atoms with Gasteiger partial charge in [0.2, 0.25) is 5.91 Å². The summed E-state index contributed by atoms with van der Waals surface area (Å²) in [7, 11) is 0. The Hall–Kier alpha value is -1.26. The first-order valence-electron chi connectivity index (χ1n) is 6.57. The zero-order valence-corrected chi connectivity index (χ0v) is 11.8. The van der Waals surface area contributed by atoms with Crippen molar-refractivity contribution in [1.82, 2.24) is 10.2 Å². The molecule has 1 saturated heterocycles. The molecule has 19 heavy (non-hydrogen) atoms. The maximum absolute atomic E-state index is 12.1. The van der Waals surface area contributed by atoms with Crippen LogP contribution in [0.25, 0.3) is 0 Å². The monoisotopic (exact) mass is 282 g/mol. The highest BCUT2D eigenvalue weighted by atomic mass is 35.5. The van der Waals surface area contributed by atoms with Crippen LogP contribution in [0.2, 0.25) is 5.02 Å². The number of rotatable bonds is 4. The Bertz CT molecular complexity index is 459. The fourth-order valence-electron chi connectivity index (χ4n) is 2.23. The van der Waals surface area contributed by atoms with Gasteiger partial charge >= 0.3 is 0 Å². The van der Waals surface area contributed by atoms with E-state index < -0.39 is 0 Å². The minimum Gasteiger partial charge on any atom is -0.506 e. The number of carbonyl (C=O) groups is 1. The average Bonchev–Trinajstić information content (AvgIpc) is 2.93. The Morgan fingerprint density at radius 1 is 1.47 bits per heavy atom. The number of hydrogen-bond donors (Lipinski definition) is 2. The van der Waals surface area contributed by atoms with Crippen LogP contribution in [-0.4, -0.2) is 35.0 Å². The molecule has 1 aromatic carbocycles. The Balaban J connectivity index is 1.87. The second-order valence-corrected chi connectivity index (χ2v) is 5.33. The molecule has 0 bridgehead atoms. The van der Waals surface area contributed by atoms with Crippen LogP contribution in [0.1, 0.15) is 25.3 Å². The number of nitrogens with zero attached hydrogens (tertiary/aromatic N) is 1. The number of phenolic OH excluding ortho intramolecular Hbond substituents is 1. The van der Waals surface area contributed by atoms with E-state index in [0.717, 1.165) is 31.5 Å². The summed E-state index contributed by atoms with van der Waals surface area (Å²) >= 11 is 5.84. The summed E-state index contributed by atoms with van der Waals surface area (Å²) in [4.78, 5) is 14.0. The summed E-state index contributed by atoms with van der Waals surface area (Å²) in [5.74, 6) is 0.231. The van der Waals surface area contributed by atoms with Crippen molar-refractivity contribution in [1.29, 1.82) is 0 Å². The normalized spacial score (nSPS) is 16.6. The maximum atomic E-state index is 12.1. The largest absolute Gasteiger partial charge is 0.506 e. The lowest BCUT2D eigenvalue weighted by atomic mass is 10.2. The van der Waals surface area contributed by atoms with Crippen LogP contribution in [0.4, 0.5) is 0 Å². The number of halogens is 1. The van der Waals surface area contributed by atoms with Crippen molar-refractivity contribution >= 4 is 17.5 Å². The summed E-state index contributed by atoms with van der Waals surface area (Å²) in [5.41, 5.74) is 0.948. The predicted octanol–water partition coefficient (Wildman–Crippen LogP) is 2.15. The summed E-state index contributed by atoms with van der Waals surface area (Å²) < 4.78 is 0. The molecule has 2 N–H and O–H groups in total. The summed E-state index contributed by atoms with van der Waals surface area (Å²) in [5, 5.41) is 12.9. The topological polar surface area (TPSA) is 52.6 Å². The van der Waals surface area contributed by atoms with Gasteiger partial charge < -0.3 is 15.3 Å². The fourth-order valence-corrected chi connectivity index (χ4v) is 2.43. The Kier molecular flexibility index (Phi) is 4.66. The van der Waals surface area contributed by atoms with Gasteiger partial charge in [-0.15, -0.1) is 0 Å². The standard InChI is InChI=1S/C14H19ClN2O2/c1-10(14(19)17-6-2-3-7-17)16-9-11-4-5-13(18)12(15)8-11/h4-5,8,10,16,18H,2-3,6-7,9H2,1H3. The molecule has 0 radical (unpaired) electrons. The first kappa shape index (κ1) is 14.2. The van der Waals surface area contributed by atoms with E-state index in [1.54, 1.807) is 18.2 Å². The highest BCUT2D eigenvalue weighted by molar-refractivity contribution is 6.32. The first-order valence-corrected chi connectivity index (χ1v) is 6.95. The molecule has 1 aliphatic heterocycles. The Labute approximate surface area is 118 Å². The van der Waals surface area contributed by atoms with Crippen LogP contribution in [0.15, 0.2) is 18.2 Å². The number of nitrogens with one attached hydrogen (secondary N) is 1. The molecule has 1 amide bonds. The number of phenols is 1. The third-order valence-corrected chi connectivity index (χ3v) is 3.72. The van der Waals surface area contributed by atoms with E-state index >= 15 is 0 Å². The van der Waals surface area contributed by atoms with Gasteiger partial charge in [0.25, 0.3) is 0 Å². The average molecular weight is 283 g/mol. The van der Waals surface area contributed by atoms with Crippen LogP contribution in [0.5, 0.6) is 5.75 Å². The molecule has 5 heteroatoms. The van der Waals surface area contributed by atoms with Gasteiger partial charge in [-0.25, -0.2) is 0 Å². The van der Waals surface area contributed by atoms with Gasteiger partial charge in [-0.2, -0.15) is 0 Å². The molecule has 0 aliphatic carbocycles. The van der Waals surface area contributed by atoms with E-state index in [-0.39, 0.29) is 17.7 Å². The summed E-state index contributed by atoms with van der Waals surface area (Å²) in [6.07, 6.45) is 2.21. The Morgan fingerprint density at radius 2 is 2.16 bits per heavy atom. The van der Waals surface area contributed by atoms with Crippen LogP contribution in [-0.2, 0) is 11.3 Å². The predicted molar refractivity (Wildman–Crippen MR) is 75.2 cm³/mol. The van der Waals surface area contributed by atoms with Gasteiger partial charge in [0.05, 0.1) is 11.1 Å². The third-order valence-electron chi connectivity index (χ3n) is 3.41. The molecule has 1 aromatic rings.